The first kappa shape index (κ1) is 14.8. The van der Waals surface area contributed by atoms with E-state index in [1.54, 1.807) is 13.1 Å². The molecule has 0 bridgehead atoms. The zero-order chi connectivity index (χ0) is 15.7. The van der Waals surface area contributed by atoms with Crippen LogP contribution in [0.3, 0.4) is 0 Å². The number of hydrogen-bond donors (Lipinski definition) is 0. The second kappa shape index (κ2) is 5.91. The van der Waals surface area contributed by atoms with E-state index in [-0.39, 0.29) is 18.0 Å². The monoisotopic (exact) mass is 298 g/mol. The van der Waals surface area contributed by atoms with E-state index in [2.05, 4.69) is 30.0 Å². The summed E-state index contributed by atoms with van der Waals surface area (Å²) in [6.45, 7) is 6.71. The summed E-state index contributed by atoms with van der Waals surface area (Å²) in [5.74, 6) is 0.146. The van der Waals surface area contributed by atoms with Crippen LogP contribution in [0.4, 0.5) is 0 Å². The van der Waals surface area contributed by atoms with E-state index < -0.39 is 0 Å². The third-order valence-electron chi connectivity index (χ3n) is 4.25. The van der Waals surface area contributed by atoms with Crippen molar-refractivity contribution in [2.75, 3.05) is 6.54 Å². The van der Waals surface area contributed by atoms with Crippen LogP contribution in [-0.4, -0.2) is 32.1 Å². The van der Waals surface area contributed by atoms with E-state index in [1.165, 1.54) is 0 Å². The highest BCUT2D eigenvalue weighted by Gasteiger charge is 2.28. The van der Waals surface area contributed by atoms with Gasteiger partial charge in [-0.15, -0.1) is 0 Å². The van der Waals surface area contributed by atoms with E-state index in [1.807, 2.05) is 27.9 Å². The Hall–Kier alpha value is -2.17. The minimum absolute atomic E-state index is 0.146. The van der Waals surface area contributed by atoms with E-state index in [0.29, 0.717) is 0 Å². The SMILES string of the molecule is CC(=O)N1CCC[C@H]1c1ccnc(-c2ccnn2C(C)C)c1. The van der Waals surface area contributed by atoms with Gasteiger partial charge in [-0.1, -0.05) is 0 Å². The lowest BCUT2D eigenvalue weighted by Gasteiger charge is -2.24. The lowest BCUT2D eigenvalue weighted by molar-refractivity contribution is -0.129. The highest BCUT2D eigenvalue weighted by molar-refractivity contribution is 5.74. The molecule has 0 radical (unpaired) electrons. The molecule has 5 heteroatoms. The lowest BCUT2D eigenvalue weighted by Crippen LogP contribution is -2.28. The van der Waals surface area contributed by atoms with Crippen LogP contribution in [0.15, 0.2) is 30.6 Å². The van der Waals surface area contributed by atoms with Crippen molar-refractivity contribution in [3.63, 3.8) is 0 Å². The summed E-state index contributed by atoms with van der Waals surface area (Å²) in [4.78, 5) is 18.2. The summed E-state index contributed by atoms with van der Waals surface area (Å²) in [6, 6.07) is 6.57. The zero-order valence-electron chi connectivity index (χ0n) is 13.4. The first-order valence-electron chi connectivity index (χ1n) is 7.85. The molecule has 1 aliphatic heterocycles. The third kappa shape index (κ3) is 2.63. The van der Waals surface area contributed by atoms with Gasteiger partial charge in [0.15, 0.2) is 0 Å². The fourth-order valence-corrected chi connectivity index (χ4v) is 3.21. The molecule has 116 valence electrons. The van der Waals surface area contributed by atoms with Crippen LogP contribution < -0.4 is 0 Å². The van der Waals surface area contributed by atoms with Gasteiger partial charge in [-0.25, -0.2) is 0 Å². The number of carbonyl (C=O) groups is 1. The number of carbonyl (C=O) groups excluding carboxylic acids is 1. The van der Waals surface area contributed by atoms with Gasteiger partial charge in [-0.3, -0.25) is 14.5 Å². The number of amides is 1. The zero-order valence-corrected chi connectivity index (χ0v) is 13.4. The minimum Gasteiger partial charge on any atom is -0.336 e. The van der Waals surface area contributed by atoms with Crippen LogP contribution in [-0.2, 0) is 4.79 Å². The third-order valence-corrected chi connectivity index (χ3v) is 4.25. The smallest absolute Gasteiger partial charge is 0.219 e. The molecule has 1 atom stereocenters. The molecule has 2 aromatic heterocycles. The number of nitrogens with zero attached hydrogens (tertiary/aromatic N) is 4. The Morgan fingerprint density at radius 2 is 2.14 bits per heavy atom. The Kier molecular flexibility index (Phi) is 3.96. The average molecular weight is 298 g/mol. The van der Waals surface area contributed by atoms with Crippen molar-refractivity contribution in [3.05, 3.63) is 36.2 Å². The number of hydrogen-bond acceptors (Lipinski definition) is 3. The van der Waals surface area contributed by atoms with E-state index in [9.17, 15) is 4.79 Å². The van der Waals surface area contributed by atoms with Crippen molar-refractivity contribution in [3.8, 4) is 11.4 Å². The van der Waals surface area contributed by atoms with Gasteiger partial charge in [-0.05, 0) is 50.5 Å². The van der Waals surface area contributed by atoms with Gasteiger partial charge in [0, 0.05) is 31.9 Å². The van der Waals surface area contributed by atoms with Gasteiger partial charge < -0.3 is 4.90 Å². The van der Waals surface area contributed by atoms with Gasteiger partial charge in [0.2, 0.25) is 5.91 Å². The summed E-state index contributed by atoms with van der Waals surface area (Å²) in [5, 5.41) is 4.37. The van der Waals surface area contributed by atoms with Crippen LogP contribution in [0.25, 0.3) is 11.4 Å². The standard InChI is InChI=1S/C17H22N4O/c1-12(2)21-17(7-9-19-21)15-11-14(6-8-18-15)16-5-4-10-20(16)13(3)22/h6-9,11-12,16H,4-5,10H2,1-3H3/t16-/m0/s1. The number of likely N-dealkylation sites (tertiary alicyclic amines) is 1. The molecule has 5 nitrogen and oxygen atoms in total. The molecule has 0 saturated carbocycles. The normalized spacial score (nSPS) is 18.2. The molecular formula is C17H22N4O. The van der Waals surface area contributed by atoms with E-state index in [4.69, 9.17) is 0 Å². The fourth-order valence-electron chi connectivity index (χ4n) is 3.21. The van der Waals surface area contributed by atoms with Crippen molar-refractivity contribution in [2.24, 2.45) is 0 Å². The minimum atomic E-state index is 0.146. The summed E-state index contributed by atoms with van der Waals surface area (Å²) < 4.78 is 1.98. The molecule has 0 aliphatic carbocycles. The maximum Gasteiger partial charge on any atom is 0.219 e. The number of aromatic nitrogens is 3. The Morgan fingerprint density at radius 1 is 1.32 bits per heavy atom. The highest BCUT2D eigenvalue weighted by atomic mass is 16.2. The van der Waals surface area contributed by atoms with Crippen molar-refractivity contribution in [1.29, 1.82) is 0 Å². The van der Waals surface area contributed by atoms with E-state index >= 15 is 0 Å². The van der Waals surface area contributed by atoms with Crippen LogP contribution in [0, 0.1) is 0 Å². The molecular weight excluding hydrogens is 276 g/mol. The van der Waals surface area contributed by atoms with Crippen molar-refractivity contribution < 1.29 is 4.79 Å². The Labute approximate surface area is 131 Å². The predicted molar refractivity (Wildman–Crippen MR) is 85.2 cm³/mol. The molecule has 1 aliphatic rings. The molecule has 0 N–H and O–H groups in total. The van der Waals surface area contributed by atoms with Crippen LogP contribution >= 0.6 is 0 Å². The first-order valence-corrected chi connectivity index (χ1v) is 7.85. The van der Waals surface area contributed by atoms with Crippen LogP contribution in [0.2, 0.25) is 0 Å². The molecule has 1 saturated heterocycles. The first-order chi connectivity index (χ1) is 10.6. The van der Waals surface area contributed by atoms with Gasteiger partial charge in [0.1, 0.15) is 0 Å². The van der Waals surface area contributed by atoms with Gasteiger partial charge >= 0.3 is 0 Å². The largest absolute Gasteiger partial charge is 0.336 e. The molecule has 3 rings (SSSR count). The van der Waals surface area contributed by atoms with Crippen molar-refractivity contribution >= 4 is 5.91 Å². The van der Waals surface area contributed by atoms with Crippen molar-refractivity contribution in [2.45, 2.75) is 45.7 Å². The number of rotatable bonds is 3. The Balaban J connectivity index is 1.96. The Bertz CT molecular complexity index is 677. The van der Waals surface area contributed by atoms with E-state index in [0.717, 1.165) is 36.3 Å². The molecule has 0 spiro atoms. The van der Waals surface area contributed by atoms with Crippen LogP contribution in [0.1, 0.15) is 51.3 Å². The van der Waals surface area contributed by atoms with Gasteiger partial charge in [0.05, 0.1) is 17.4 Å². The highest BCUT2D eigenvalue weighted by Crippen LogP contribution is 2.33. The molecule has 1 fully saturated rings. The Morgan fingerprint density at radius 3 is 2.86 bits per heavy atom. The van der Waals surface area contributed by atoms with Crippen molar-refractivity contribution in [1.82, 2.24) is 19.7 Å². The second-order valence-electron chi connectivity index (χ2n) is 6.10. The molecule has 22 heavy (non-hydrogen) atoms. The summed E-state index contributed by atoms with van der Waals surface area (Å²) >= 11 is 0. The molecule has 2 aromatic rings. The summed E-state index contributed by atoms with van der Waals surface area (Å²) in [6.07, 6.45) is 5.72. The average Bonchev–Trinajstić information content (AvgIpc) is 3.16. The second-order valence-corrected chi connectivity index (χ2v) is 6.10. The quantitative estimate of drug-likeness (QED) is 0.874. The molecule has 0 unspecified atom stereocenters. The molecule has 0 aromatic carbocycles. The van der Waals surface area contributed by atoms with Gasteiger partial charge in [-0.2, -0.15) is 5.10 Å². The lowest BCUT2D eigenvalue weighted by atomic mass is 10.0. The predicted octanol–water partition coefficient (Wildman–Crippen LogP) is 3.21. The topological polar surface area (TPSA) is 51.0 Å². The fraction of sp³-hybridized carbons (Fsp3) is 0.471. The maximum atomic E-state index is 11.8. The number of pyridine rings is 1. The van der Waals surface area contributed by atoms with Crippen LogP contribution in [0.5, 0.6) is 0 Å². The molecule has 3 heterocycles. The summed E-state index contributed by atoms with van der Waals surface area (Å²) in [5.41, 5.74) is 3.09. The molecule has 1 amide bonds. The summed E-state index contributed by atoms with van der Waals surface area (Å²) in [7, 11) is 0. The van der Waals surface area contributed by atoms with Gasteiger partial charge in [0.25, 0.3) is 0 Å². The maximum absolute atomic E-state index is 11.8.